The molecular formula is C17H16N6O2. The van der Waals surface area contributed by atoms with Crippen molar-refractivity contribution in [2.75, 3.05) is 18.0 Å². The number of nitroso groups, excluding NO2 is 1. The zero-order valence-corrected chi connectivity index (χ0v) is 13.4. The normalized spacial score (nSPS) is 18.9. The lowest BCUT2D eigenvalue weighted by molar-refractivity contribution is -0.117. The topological polar surface area (TPSA) is 90.0 Å². The quantitative estimate of drug-likeness (QED) is 0.664. The number of anilines is 1. The Balaban J connectivity index is 1.67. The maximum Gasteiger partial charge on any atom is 0.243 e. The number of amides is 1. The van der Waals surface area contributed by atoms with E-state index in [-0.39, 0.29) is 11.9 Å². The van der Waals surface area contributed by atoms with Crippen LogP contribution in [0.2, 0.25) is 0 Å². The summed E-state index contributed by atoms with van der Waals surface area (Å²) in [5.41, 5.74) is 0.617. The molecule has 2 aliphatic rings. The molecule has 0 spiro atoms. The molecule has 2 aromatic rings. The molecule has 0 radical (unpaired) electrons. The zero-order chi connectivity index (χ0) is 17.4. The summed E-state index contributed by atoms with van der Waals surface area (Å²) < 4.78 is 0. The molecule has 1 atom stereocenters. The summed E-state index contributed by atoms with van der Waals surface area (Å²) in [5, 5.41) is 12.7. The van der Waals surface area contributed by atoms with Crippen molar-refractivity contribution in [2.45, 2.75) is 12.5 Å². The maximum atomic E-state index is 11.5. The zero-order valence-electron chi connectivity index (χ0n) is 13.4. The Bertz CT molecular complexity index is 909. The average molecular weight is 336 g/mol. The summed E-state index contributed by atoms with van der Waals surface area (Å²) >= 11 is 0. The summed E-state index contributed by atoms with van der Waals surface area (Å²) in [7, 11) is 0. The molecule has 25 heavy (non-hydrogen) atoms. The fraction of sp³-hybridized carbons (Fsp3) is 0.235. The van der Waals surface area contributed by atoms with Crippen molar-refractivity contribution < 1.29 is 4.79 Å². The molecule has 1 saturated heterocycles. The minimum atomic E-state index is -0.168. The van der Waals surface area contributed by atoms with Gasteiger partial charge in [-0.05, 0) is 23.9 Å². The molecule has 1 aromatic heterocycles. The molecule has 0 aliphatic carbocycles. The second kappa shape index (κ2) is 5.97. The highest BCUT2D eigenvalue weighted by Gasteiger charge is 2.31. The number of hydrogen-bond donors (Lipinski definition) is 1. The Labute approximate surface area is 143 Å². The number of carbonyl (C=O) groups excluding carboxylic acids is 1. The minimum absolute atomic E-state index is 0.0566. The molecular weight excluding hydrogens is 320 g/mol. The van der Waals surface area contributed by atoms with Crippen molar-refractivity contribution >= 4 is 28.3 Å². The van der Waals surface area contributed by atoms with E-state index in [2.05, 4.69) is 27.2 Å². The summed E-state index contributed by atoms with van der Waals surface area (Å²) in [6, 6.07) is 9.89. The number of amidine groups is 1. The molecule has 8 heteroatoms. The van der Waals surface area contributed by atoms with E-state index >= 15 is 0 Å². The average Bonchev–Trinajstić information content (AvgIpc) is 3.31. The summed E-state index contributed by atoms with van der Waals surface area (Å²) in [5.74, 6) is 1.13. The van der Waals surface area contributed by atoms with Crippen LogP contribution in [0.5, 0.6) is 0 Å². The third kappa shape index (κ3) is 2.82. The molecule has 1 aromatic carbocycles. The summed E-state index contributed by atoms with van der Waals surface area (Å²) in [6.45, 7) is 4.93. The first kappa shape index (κ1) is 15.3. The first-order valence-electron chi connectivity index (χ1n) is 7.99. The van der Waals surface area contributed by atoms with E-state index in [0.717, 1.165) is 34.7 Å². The number of hydrazone groups is 1. The molecule has 1 unspecified atom stereocenters. The molecule has 1 N–H and O–H groups in total. The Morgan fingerprint density at radius 2 is 2.24 bits per heavy atom. The number of aromatic nitrogens is 1. The van der Waals surface area contributed by atoms with Gasteiger partial charge in [-0.15, -0.1) is 10.0 Å². The summed E-state index contributed by atoms with van der Waals surface area (Å²) in [6.07, 6.45) is 2.12. The van der Waals surface area contributed by atoms with Gasteiger partial charge in [-0.2, -0.15) is 0 Å². The van der Waals surface area contributed by atoms with Crippen molar-refractivity contribution in [2.24, 2.45) is 10.4 Å². The van der Waals surface area contributed by atoms with Crippen LogP contribution in [0, 0.1) is 4.91 Å². The van der Waals surface area contributed by atoms with E-state index in [4.69, 9.17) is 4.98 Å². The summed E-state index contributed by atoms with van der Waals surface area (Å²) in [4.78, 5) is 29.0. The van der Waals surface area contributed by atoms with E-state index in [1.165, 1.54) is 6.08 Å². The maximum absolute atomic E-state index is 11.5. The number of hydrogen-bond acceptors (Lipinski definition) is 6. The fourth-order valence-corrected chi connectivity index (χ4v) is 3.14. The monoisotopic (exact) mass is 336 g/mol. The Morgan fingerprint density at radius 1 is 1.40 bits per heavy atom. The van der Waals surface area contributed by atoms with Gasteiger partial charge in [-0.3, -0.25) is 4.79 Å². The van der Waals surface area contributed by atoms with Crippen LogP contribution in [-0.2, 0) is 4.79 Å². The fourth-order valence-electron chi connectivity index (χ4n) is 3.14. The number of rotatable bonds is 5. The van der Waals surface area contributed by atoms with E-state index in [9.17, 15) is 9.70 Å². The molecule has 3 heterocycles. The van der Waals surface area contributed by atoms with Crippen LogP contribution in [0.3, 0.4) is 0 Å². The van der Waals surface area contributed by atoms with E-state index in [0.29, 0.717) is 18.1 Å². The smallest absolute Gasteiger partial charge is 0.243 e. The first-order valence-corrected chi connectivity index (χ1v) is 7.99. The second-order valence-electron chi connectivity index (χ2n) is 5.99. The number of pyridine rings is 1. The molecule has 8 nitrogen and oxygen atoms in total. The number of nitrogens with one attached hydrogen (secondary N) is 1. The molecule has 126 valence electrons. The molecule has 2 aliphatic heterocycles. The van der Waals surface area contributed by atoms with Gasteiger partial charge in [0.2, 0.25) is 11.7 Å². The van der Waals surface area contributed by atoms with Crippen LogP contribution in [-0.4, -0.2) is 41.0 Å². The van der Waals surface area contributed by atoms with Crippen molar-refractivity contribution in [1.29, 1.82) is 0 Å². The second-order valence-corrected chi connectivity index (χ2v) is 5.99. The van der Waals surface area contributed by atoms with Crippen LogP contribution >= 0.6 is 0 Å². The van der Waals surface area contributed by atoms with Gasteiger partial charge < -0.3 is 10.2 Å². The van der Waals surface area contributed by atoms with Crippen molar-refractivity contribution in [3.05, 3.63) is 53.6 Å². The third-order valence-electron chi connectivity index (χ3n) is 4.39. The lowest BCUT2D eigenvalue weighted by Crippen LogP contribution is -2.36. The number of carbonyl (C=O) groups is 1. The van der Waals surface area contributed by atoms with Gasteiger partial charge in [0.15, 0.2) is 0 Å². The number of fused-ring (bicyclic) bond motifs is 1. The highest BCUT2D eigenvalue weighted by molar-refractivity contribution is 6.07. The van der Waals surface area contributed by atoms with Crippen molar-refractivity contribution in [3.63, 3.8) is 0 Å². The standard InChI is InChI=1S/C17H16N6O2/c1-2-15(24)18-12-7-8-22(10-12)16-13-6-4-3-5-11(13)9-14(19-16)17-20-23(17)21-25/h2-6,9,12H,1,7-8,10H2,(H,18,24). The SMILES string of the molecule is C=CC(=O)NC1CCN(c2nc(C3=NN3N=O)cc3ccccc23)C1. The largest absolute Gasteiger partial charge is 0.354 e. The van der Waals surface area contributed by atoms with Gasteiger partial charge in [0.25, 0.3) is 0 Å². The Hall–Kier alpha value is -3.29. The van der Waals surface area contributed by atoms with Crippen LogP contribution in [0.25, 0.3) is 10.8 Å². The van der Waals surface area contributed by atoms with Gasteiger partial charge >= 0.3 is 0 Å². The van der Waals surface area contributed by atoms with Crippen molar-refractivity contribution in [3.8, 4) is 0 Å². The number of nitrogens with zero attached hydrogens (tertiary/aromatic N) is 5. The highest BCUT2D eigenvalue weighted by atomic mass is 16.3. The van der Waals surface area contributed by atoms with Crippen LogP contribution < -0.4 is 10.2 Å². The molecule has 0 saturated carbocycles. The molecule has 4 rings (SSSR count). The minimum Gasteiger partial charge on any atom is -0.354 e. The molecule has 1 fully saturated rings. The van der Waals surface area contributed by atoms with E-state index < -0.39 is 0 Å². The Morgan fingerprint density at radius 3 is 3.00 bits per heavy atom. The van der Waals surface area contributed by atoms with Gasteiger partial charge in [-0.25, -0.2) is 4.98 Å². The molecule has 1 amide bonds. The highest BCUT2D eigenvalue weighted by Crippen LogP contribution is 2.30. The Kier molecular flexibility index (Phi) is 3.64. The van der Waals surface area contributed by atoms with Gasteiger partial charge in [-0.1, -0.05) is 36.0 Å². The first-order chi connectivity index (χ1) is 12.2. The van der Waals surface area contributed by atoms with E-state index in [1.54, 1.807) is 0 Å². The molecule has 0 bridgehead atoms. The van der Waals surface area contributed by atoms with E-state index in [1.807, 2.05) is 30.3 Å². The van der Waals surface area contributed by atoms with Crippen LogP contribution in [0.1, 0.15) is 12.1 Å². The lowest BCUT2D eigenvalue weighted by Gasteiger charge is -2.20. The van der Waals surface area contributed by atoms with Crippen LogP contribution in [0.15, 0.2) is 53.4 Å². The third-order valence-corrected chi connectivity index (χ3v) is 4.39. The van der Waals surface area contributed by atoms with Gasteiger partial charge in [0.1, 0.15) is 11.5 Å². The van der Waals surface area contributed by atoms with Crippen LogP contribution in [0.4, 0.5) is 5.82 Å². The number of benzene rings is 1. The van der Waals surface area contributed by atoms with Gasteiger partial charge in [0.05, 0.1) is 5.29 Å². The lowest BCUT2D eigenvalue weighted by atomic mass is 10.1. The predicted octanol–water partition coefficient (Wildman–Crippen LogP) is 1.77. The van der Waals surface area contributed by atoms with Crippen molar-refractivity contribution in [1.82, 2.24) is 15.4 Å². The predicted molar refractivity (Wildman–Crippen MR) is 94.9 cm³/mol. The van der Waals surface area contributed by atoms with Gasteiger partial charge in [0, 0.05) is 24.5 Å².